The molecule has 0 aromatic heterocycles. The zero-order chi connectivity index (χ0) is 40.0. The van der Waals surface area contributed by atoms with E-state index in [4.69, 9.17) is 18.5 Å². The number of nitrogens with zero attached hydrogens (tertiary/aromatic N) is 1. The van der Waals surface area contributed by atoms with E-state index in [9.17, 15) is 19.0 Å². The number of ether oxygens (including phenoxy) is 2. The van der Waals surface area contributed by atoms with E-state index < -0.39 is 26.5 Å². The Hall–Kier alpha value is -1.51. The molecule has 0 saturated heterocycles. The number of phosphoric ester groups is 1. The lowest BCUT2D eigenvalue weighted by atomic mass is 10.0. The van der Waals surface area contributed by atoms with Gasteiger partial charge in [0.05, 0.1) is 27.7 Å². The minimum Gasteiger partial charge on any atom is -0.462 e. The first-order valence-electron chi connectivity index (χ1n) is 22.1. The second-order valence-electron chi connectivity index (χ2n) is 16.1. The van der Waals surface area contributed by atoms with Crippen LogP contribution in [0.15, 0.2) is 24.3 Å². The van der Waals surface area contributed by atoms with Gasteiger partial charge in [0.25, 0.3) is 0 Å². The summed E-state index contributed by atoms with van der Waals surface area (Å²) in [7, 11) is 1.47. The Kier molecular flexibility index (Phi) is 36.1. The summed E-state index contributed by atoms with van der Waals surface area (Å²) < 4.78 is 34.3. The number of carbonyl (C=O) groups excluding carboxylic acids is 2. The van der Waals surface area contributed by atoms with Crippen molar-refractivity contribution in [3.8, 4) is 0 Å². The smallest absolute Gasteiger partial charge is 0.462 e. The van der Waals surface area contributed by atoms with E-state index in [1.54, 1.807) is 0 Å². The summed E-state index contributed by atoms with van der Waals surface area (Å²) in [5, 5.41) is 0. The van der Waals surface area contributed by atoms with Crippen LogP contribution in [0.5, 0.6) is 0 Å². The van der Waals surface area contributed by atoms with Gasteiger partial charge in [-0.1, -0.05) is 167 Å². The highest BCUT2D eigenvalue weighted by Gasteiger charge is 2.27. The van der Waals surface area contributed by atoms with E-state index in [0.717, 1.165) is 64.2 Å². The van der Waals surface area contributed by atoms with Gasteiger partial charge >= 0.3 is 19.8 Å². The first kappa shape index (κ1) is 52.5. The molecule has 2 atom stereocenters. The molecule has 0 aliphatic heterocycles. The number of phosphoric acid groups is 1. The second-order valence-corrected chi connectivity index (χ2v) is 17.5. The van der Waals surface area contributed by atoms with Crippen molar-refractivity contribution in [1.82, 2.24) is 0 Å². The molecule has 10 heteroatoms. The number of likely N-dealkylation sites (N-methyl/N-ethyl adjacent to an activating group) is 1. The molecule has 0 heterocycles. The van der Waals surface area contributed by atoms with Gasteiger partial charge in [0.15, 0.2) is 6.10 Å². The Labute approximate surface area is 332 Å². The third kappa shape index (κ3) is 40.2. The van der Waals surface area contributed by atoms with Crippen LogP contribution in [0, 0.1) is 0 Å². The summed E-state index contributed by atoms with van der Waals surface area (Å²) in [5.41, 5.74) is 0. The molecule has 0 aromatic carbocycles. The third-order valence-corrected chi connectivity index (χ3v) is 10.5. The van der Waals surface area contributed by atoms with Gasteiger partial charge in [0, 0.05) is 12.8 Å². The predicted molar refractivity (Wildman–Crippen MR) is 224 cm³/mol. The molecule has 0 aliphatic rings. The number of hydrogen-bond acceptors (Lipinski definition) is 7. The van der Waals surface area contributed by atoms with E-state index >= 15 is 0 Å². The van der Waals surface area contributed by atoms with E-state index in [0.29, 0.717) is 23.9 Å². The standard InChI is InChI=1S/C44H84NO8P/c1-6-8-10-12-14-16-18-20-22-23-25-26-28-30-32-34-36-43(46)50-40-42(41-52-54(48,49)51-39-38-45(3,4)5)53-44(47)37-35-33-31-29-27-24-21-19-17-15-13-11-9-7-2/h13,15,19,21,42H,6-12,14,16-18,20,22-41H2,1-5H3/p+1/b15-13-,21-19-. The highest BCUT2D eigenvalue weighted by atomic mass is 31.2. The lowest BCUT2D eigenvalue weighted by Crippen LogP contribution is -2.37. The summed E-state index contributed by atoms with van der Waals surface area (Å²) in [6, 6.07) is 0. The van der Waals surface area contributed by atoms with Crippen LogP contribution in [0.1, 0.15) is 194 Å². The first-order chi connectivity index (χ1) is 26.0. The van der Waals surface area contributed by atoms with Crippen molar-refractivity contribution in [2.75, 3.05) is 47.5 Å². The minimum absolute atomic E-state index is 0.0305. The van der Waals surface area contributed by atoms with Gasteiger partial charge in [-0.2, -0.15) is 0 Å². The van der Waals surface area contributed by atoms with Gasteiger partial charge in [0.1, 0.15) is 19.8 Å². The molecule has 2 unspecified atom stereocenters. The van der Waals surface area contributed by atoms with Crippen LogP contribution in [0.3, 0.4) is 0 Å². The monoisotopic (exact) mass is 787 g/mol. The highest BCUT2D eigenvalue weighted by molar-refractivity contribution is 7.47. The Balaban J connectivity index is 4.35. The van der Waals surface area contributed by atoms with Crippen LogP contribution >= 0.6 is 7.82 Å². The Morgan fingerprint density at radius 3 is 1.52 bits per heavy atom. The van der Waals surface area contributed by atoms with Crippen LogP contribution in [-0.2, 0) is 32.7 Å². The molecule has 0 amide bonds. The average molecular weight is 787 g/mol. The van der Waals surface area contributed by atoms with Gasteiger partial charge in [-0.05, 0) is 38.5 Å². The van der Waals surface area contributed by atoms with E-state index in [1.165, 1.54) is 96.3 Å². The van der Waals surface area contributed by atoms with Crippen LogP contribution in [-0.4, -0.2) is 74.9 Å². The lowest BCUT2D eigenvalue weighted by Gasteiger charge is -2.24. The van der Waals surface area contributed by atoms with Crippen LogP contribution in [0.2, 0.25) is 0 Å². The largest absolute Gasteiger partial charge is 0.472 e. The van der Waals surface area contributed by atoms with Gasteiger partial charge in [-0.3, -0.25) is 18.6 Å². The summed E-state index contributed by atoms with van der Waals surface area (Å²) in [5.74, 6) is -0.808. The number of rotatable bonds is 40. The minimum atomic E-state index is -4.37. The molecule has 9 nitrogen and oxygen atoms in total. The number of allylic oxidation sites excluding steroid dienone is 4. The maximum absolute atomic E-state index is 12.7. The summed E-state index contributed by atoms with van der Waals surface area (Å²) in [4.78, 5) is 35.3. The van der Waals surface area contributed by atoms with Gasteiger partial charge in [-0.15, -0.1) is 0 Å². The van der Waals surface area contributed by atoms with Crippen molar-refractivity contribution in [1.29, 1.82) is 0 Å². The number of quaternary nitrogens is 1. The Morgan fingerprint density at radius 2 is 1.02 bits per heavy atom. The zero-order valence-corrected chi connectivity index (χ0v) is 36.6. The van der Waals surface area contributed by atoms with Gasteiger partial charge in [-0.25, -0.2) is 4.57 Å². The lowest BCUT2D eigenvalue weighted by molar-refractivity contribution is -0.870. The molecule has 1 N–H and O–H groups in total. The van der Waals surface area contributed by atoms with Crippen LogP contribution < -0.4 is 0 Å². The summed E-state index contributed by atoms with van der Waals surface area (Å²) in [6.07, 6.45) is 39.3. The SMILES string of the molecule is CCCC/C=C\C/C=C\CCCCCCCC(=O)OC(COC(=O)CCCCCCCCCCCCCCCCCC)COP(=O)(O)OCC[N+](C)(C)C. The van der Waals surface area contributed by atoms with E-state index in [1.807, 2.05) is 21.1 Å². The van der Waals surface area contributed by atoms with E-state index in [-0.39, 0.29) is 25.6 Å². The van der Waals surface area contributed by atoms with Crippen molar-refractivity contribution >= 4 is 19.8 Å². The molecule has 0 radical (unpaired) electrons. The quantitative estimate of drug-likeness (QED) is 0.0215. The average Bonchev–Trinajstić information content (AvgIpc) is 3.12. The first-order valence-corrected chi connectivity index (χ1v) is 23.6. The van der Waals surface area contributed by atoms with Crippen molar-refractivity contribution in [3.63, 3.8) is 0 Å². The highest BCUT2D eigenvalue weighted by Crippen LogP contribution is 2.43. The van der Waals surface area contributed by atoms with Crippen LogP contribution in [0.4, 0.5) is 0 Å². The third-order valence-electron chi connectivity index (χ3n) is 9.48. The predicted octanol–water partition coefficient (Wildman–Crippen LogP) is 12.4. The molecular weight excluding hydrogens is 701 g/mol. The van der Waals surface area contributed by atoms with Crippen molar-refractivity contribution in [2.45, 2.75) is 200 Å². The maximum Gasteiger partial charge on any atom is 0.472 e. The number of carbonyl (C=O) groups is 2. The van der Waals surface area contributed by atoms with E-state index in [2.05, 4.69) is 38.2 Å². The summed E-state index contributed by atoms with van der Waals surface area (Å²) in [6.45, 7) is 4.38. The van der Waals surface area contributed by atoms with Crippen LogP contribution in [0.25, 0.3) is 0 Å². The molecule has 0 bridgehead atoms. The molecule has 0 aromatic rings. The summed E-state index contributed by atoms with van der Waals surface area (Å²) >= 11 is 0. The molecule has 0 fully saturated rings. The van der Waals surface area contributed by atoms with Crippen molar-refractivity contribution in [3.05, 3.63) is 24.3 Å². The molecule has 0 spiro atoms. The Morgan fingerprint density at radius 1 is 0.574 bits per heavy atom. The topological polar surface area (TPSA) is 108 Å². The maximum atomic E-state index is 12.7. The fourth-order valence-electron chi connectivity index (χ4n) is 5.97. The molecule has 0 rings (SSSR count). The number of esters is 2. The van der Waals surface area contributed by atoms with Crippen molar-refractivity contribution in [2.24, 2.45) is 0 Å². The fourth-order valence-corrected chi connectivity index (χ4v) is 6.71. The zero-order valence-electron chi connectivity index (χ0n) is 35.7. The van der Waals surface area contributed by atoms with Gasteiger partial charge in [0.2, 0.25) is 0 Å². The fraction of sp³-hybridized carbons (Fsp3) is 0.864. The molecular formula is C44H85NO8P+. The number of hydrogen-bond donors (Lipinski definition) is 1. The molecule has 0 aliphatic carbocycles. The Bertz CT molecular complexity index is 980. The number of unbranched alkanes of at least 4 members (excludes halogenated alkanes) is 22. The molecule has 54 heavy (non-hydrogen) atoms. The molecule has 318 valence electrons. The second kappa shape index (κ2) is 37.1. The normalized spacial score (nSPS) is 13.8. The van der Waals surface area contributed by atoms with Crippen molar-refractivity contribution < 1.29 is 42.1 Å². The van der Waals surface area contributed by atoms with Gasteiger partial charge < -0.3 is 18.9 Å². The molecule has 0 saturated carbocycles.